The SMILES string of the molecule is N[C@@H](C(=O)N(Cc1ccncc1)C1CC1)c1ccccc1. The monoisotopic (exact) mass is 281 g/mol. The Kier molecular flexibility index (Phi) is 3.97. The summed E-state index contributed by atoms with van der Waals surface area (Å²) in [6.45, 7) is 0.604. The minimum atomic E-state index is -0.589. The van der Waals surface area contributed by atoms with Crippen molar-refractivity contribution in [3.63, 3.8) is 0 Å². The van der Waals surface area contributed by atoms with E-state index in [1.165, 1.54) is 0 Å². The molecule has 0 aliphatic heterocycles. The van der Waals surface area contributed by atoms with Crippen LogP contribution < -0.4 is 5.73 Å². The molecule has 0 spiro atoms. The fourth-order valence-electron chi connectivity index (χ4n) is 2.44. The van der Waals surface area contributed by atoms with Crippen LogP contribution in [0.4, 0.5) is 0 Å². The number of hydrogen-bond donors (Lipinski definition) is 1. The highest BCUT2D eigenvalue weighted by molar-refractivity contribution is 5.83. The maximum Gasteiger partial charge on any atom is 0.244 e. The van der Waals surface area contributed by atoms with Crippen molar-refractivity contribution in [1.82, 2.24) is 9.88 Å². The number of hydrogen-bond acceptors (Lipinski definition) is 3. The van der Waals surface area contributed by atoms with Crippen molar-refractivity contribution in [2.24, 2.45) is 5.73 Å². The lowest BCUT2D eigenvalue weighted by molar-refractivity contribution is -0.134. The molecular formula is C17H19N3O. The molecule has 2 aromatic rings. The third-order valence-electron chi connectivity index (χ3n) is 3.80. The molecule has 0 radical (unpaired) electrons. The van der Waals surface area contributed by atoms with Crippen molar-refractivity contribution in [3.05, 3.63) is 66.0 Å². The Balaban J connectivity index is 1.76. The van der Waals surface area contributed by atoms with Gasteiger partial charge >= 0.3 is 0 Å². The topological polar surface area (TPSA) is 59.2 Å². The van der Waals surface area contributed by atoms with E-state index in [0.717, 1.165) is 24.0 Å². The van der Waals surface area contributed by atoms with Gasteiger partial charge in [-0.3, -0.25) is 9.78 Å². The number of aromatic nitrogens is 1. The maximum absolute atomic E-state index is 12.7. The molecule has 1 atom stereocenters. The van der Waals surface area contributed by atoms with Gasteiger partial charge in [0.15, 0.2) is 0 Å². The van der Waals surface area contributed by atoms with Crippen LogP contribution in [0.15, 0.2) is 54.9 Å². The molecule has 1 aromatic heterocycles. The third kappa shape index (κ3) is 3.28. The van der Waals surface area contributed by atoms with Gasteiger partial charge in [0.1, 0.15) is 6.04 Å². The van der Waals surface area contributed by atoms with E-state index >= 15 is 0 Å². The van der Waals surface area contributed by atoms with Crippen LogP contribution in [0.3, 0.4) is 0 Å². The Labute approximate surface area is 124 Å². The molecule has 108 valence electrons. The lowest BCUT2D eigenvalue weighted by Gasteiger charge is -2.26. The van der Waals surface area contributed by atoms with Crippen LogP contribution >= 0.6 is 0 Å². The average molecular weight is 281 g/mol. The predicted octanol–water partition coefficient (Wildman–Crippen LogP) is 2.27. The van der Waals surface area contributed by atoms with Crippen LogP contribution in [-0.4, -0.2) is 21.8 Å². The van der Waals surface area contributed by atoms with Gasteiger partial charge in [0.25, 0.3) is 0 Å². The van der Waals surface area contributed by atoms with E-state index in [2.05, 4.69) is 4.98 Å². The molecule has 1 aliphatic rings. The van der Waals surface area contributed by atoms with E-state index in [1.54, 1.807) is 12.4 Å². The molecule has 1 saturated carbocycles. The highest BCUT2D eigenvalue weighted by Gasteiger charge is 2.35. The zero-order valence-corrected chi connectivity index (χ0v) is 11.9. The third-order valence-corrected chi connectivity index (χ3v) is 3.80. The average Bonchev–Trinajstić information content (AvgIpc) is 3.38. The molecule has 1 heterocycles. The van der Waals surface area contributed by atoms with Crippen LogP contribution in [0.5, 0.6) is 0 Å². The number of amides is 1. The molecule has 0 saturated heterocycles. The molecule has 1 aromatic carbocycles. The summed E-state index contributed by atoms with van der Waals surface area (Å²) in [7, 11) is 0. The zero-order chi connectivity index (χ0) is 14.7. The van der Waals surface area contributed by atoms with Gasteiger partial charge in [-0.05, 0) is 36.1 Å². The lowest BCUT2D eigenvalue weighted by atomic mass is 10.1. The van der Waals surface area contributed by atoms with E-state index in [9.17, 15) is 4.79 Å². The molecule has 4 heteroatoms. The second-order valence-corrected chi connectivity index (χ2v) is 5.44. The fourth-order valence-corrected chi connectivity index (χ4v) is 2.44. The van der Waals surface area contributed by atoms with Crippen molar-refractivity contribution in [1.29, 1.82) is 0 Å². The van der Waals surface area contributed by atoms with Crippen LogP contribution in [0, 0.1) is 0 Å². The normalized spacial score (nSPS) is 15.5. The van der Waals surface area contributed by atoms with Gasteiger partial charge in [-0.25, -0.2) is 0 Å². The second-order valence-electron chi connectivity index (χ2n) is 5.44. The summed E-state index contributed by atoms with van der Waals surface area (Å²) in [6, 6.07) is 13.2. The first-order chi connectivity index (χ1) is 10.3. The second kappa shape index (κ2) is 6.06. The van der Waals surface area contributed by atoms with Crippen LogP contribution in [0.25, 0.3) is 0 Å². The summed E-state index contributed by atoms with van der Waals surface area (Å²) in [5.74, 6) is 0.000474. The van der Waals surface area contributed by atoms with E-state index in [1.807, 2.05) is 47.4 Å². The number of nitrogens with zero attached hydrogens (tertiary/aromatic N) is 2. The number of benzene rings is 1. The van der Waals surface area contributed by atoms with Crippen LogP contribution in [0.1, 0.15) is 30.0 Å². The predicted molar refractivity (Wildman–Crippen MR) is 81.2 cm³/mol. The number of carbonyl (C=O) groups is 1. The van der Waals surface area contributed by atoms with E-state index in [4.69, 9.17) is 5.73 Å². The van der Waals surface area contributed by atoms with E-state index in [-0.39, 0.29) is 5.91 Å². The molecule has 3 rings (SSSR count). The number of pyridine rings is 1. The first-order valence-electron chi connectivity index (χ1n) is 7.25. The van der Waals surface area contributed by atoms with Crippen molar-refractivity contribution < 1.29 is 4.79 Å². The first-order valence-corrected chi connectivity index (χ1v) is 7.25. The largest absolute Gasteiger partial charge is 0.334 e. The minimum absolute atomic E-state index is 0.000474. The van der Waals surface area contributed by atoms with Gasteiger partial charge < -0.3 is 10.6 Å². The van der Waals surface area contributed by atoms with Gasteiger partial charge in [-0.1, -0.05) is 30.3 Å². The van der Waals surface area contributed by atoms with Crippen molar-refractivity contribution >= 4 is 5.91 Å². The summed E-state index contributed by atoms with van der Waals surface area (Å²) in [5.41, 5.74) is 8.11. The zero-order valence-electron chi connectivity index (χ0n) is 11.9. The minimum Gasteiger partial charge on any atom is -0.334 e. The fraction of sp³-hybridized carbons (Fsp3) is 0.294. The lowest BCUT2D eigenvalue weighted by Crippen LogP contribution is -2.39. The van der Waals surface area contributed by atoms with Crippen molar-refractivity contribution in [3.8, 4) is 0 Å². The van der Waals surface area contributed by atoms with Gasteiger partial charge in [0.05, 0.1) is 0 Å². The van der Waals surface area contributed by atoms with Gasteiger partial charge in [0.2, 0.25) is 5.91 Å². The highest BCUT2D eigenvalue weighted by Crippen LogP contribution is 2.30. The summed E-state index contributed by atoms with van der Waals surface area (Å²) < 4.78 is 0. The molecule has 0 bridgehead atoms. The molecule has 4 nitrogen and oxygen atoms in total. The van der Waals surface area contributed by atoms with Crippen molar-refractivity contribution in [2.75, 3.05) is 0 Å². The summed E-state index contributed by atoms with van der Waals surface area (Å²) in [5, 5.41) is 0. The smallest absolute Gasteiger partial charge is 0.244 e. The Bertz CT molecular complexity index is 596. The van der Waals surface area contributed by atoms with Crippen molar-refractivity contribution in [2.45, 2.75) is 31.5 Å². The number of carbonyl (C=O) groups excluding carboxylic acids is 1. The highest BCUT2D eigenvalue weighted by atomic mass is 16.2. The molecule has 0 unspecified atom stereocenters. The Hall–Kier alpha value is -2.20. The Morgan fingerprint density at radius 1 is 1.19 bits per heavy atom. The van der Waals surface area contributed by atoms with Gasteiger partial charge in [-0.15, -0.1) is 0 Å². The quantitative estimate of drug-likeness (QED) is 0.914. The summed E-state index contributed by atoms with van der Waals surface area (Å²) >= 11 is 0. The maximum atomic E-state index is 12.7. The number of nitrogens with two attached hydrogens (primary N) is 1. The van der Waals surface area contributed by atoms with Crippen LogP contribution in [0.2, 0.25) is 0 Å². The van der Waals surface area contributed by atoms with Gasteiger partial charge in [0, 0.05) is 25.0 Å². The van der Waals surface area contributed by atoms with Crippen LogP contribution in [-0.2, 0) is 11.3 Å². The summed E-state index contributed by atoms with van der Waals surface area (Å²) in [6.07, 6.45) is 5.64. The molecule has 1 amide bonds. The molecular weight excluding hydrogens is 262 g/mol. The Morgan fingerprint density at radius 2 is 1.86 bits per heavy atom. The molecule has 1 aliphatic carbocycles. The van der Waals surface area contributed by atoms with E-state index in [0.29, 0.717) is 12.6 Å². The molecule has 1 fully saturated rings. The van der Waals surface area contributed by atoms with E-state index < -0.39 is 6.04 Å². The molecule has 21 heavy (non-hydrogen) atoms. The Morgan fingerprint density at radius 3 is 2.48 bits per heavy atom. The number of rotatable bonds is 5. The standard InChI is InChI=1S/C17H19N3O/c18-16(14-4-2-1-3-5-14)17(21)20(15-6-7-15)12-13-8-10-19-11-9-13/h1-5,8-11,15-16H,6-7,12,18H2/t16-/m1/s1. The molecule has 2 N–H and O–H groups in total. The van der Waals surface area contributed by atoms with Gasteiger partial charge in [-0.2, -0.15) is 0 Å². The summed E-state index contributed by atoms with van der Waals surface area (Å²) in [4.78, 5) is 18.6. The first kappa shape index (κ1) is 13.8.